The molecule has 0 atom stereocenters. The van der Waals surface area contributed by atoms with Crippen molar-refractivity contribution in [2.75, 3.05) is 19.0 Å². The Balaban J connectivity index is 1.82. The molecule has 0 fully saturated rings. The second-order valence-corrected chi connectivity index (χ2v) is 3.75. The Labute approximate surface area is 105 Å². The molecule has 1 aromatic carbocycles. The zero-order chi connectivity index (χ0) is 12.8. The highest BCUT2D eigenvalue weighted by Crippen LogP contribution is 2.11. The van der Waals surface area contributed by atoms with E-state index in [-0.39, 0.29) is 0 Å². The van der Waals surface area contributed by atoms with Crippen LogP contribution in [0.25, 0.3) is 0 Å². The fraction of sp³-hybridized carbons (Fsp3) is 0.231. The molecule has 1 heterocycles. The predicted molar refractivity (Wildman–Crippen MR) is 67.2 cm³/mol. The Morgan fingerprint density at radius 1 is 1.17 bits per heavy atom. The maximum Gasteiger partial charge on any atom is 0.222 e. The number of halogens is 1. The molecule has 0 amide bonds. The number of benzene rings is 1. The Bertz CT molecular complexity index is 485. The van der Waals surface area contributed by atoms with Crippen LogP contribution in [0.4, 0.5) is 10.3 Å². The van der Waals surface area contributed by atoms with Crippen LogP contribution in [-0.4, -0.2) is 23.6 Å². The molecule has 94 valence electrons. The lowest BCUT2D eigenvalue weighted by atomic mass is 10.1. The van der Waals surface area contributed by atoms with Gasteiger partial charge >= 0.3 is 0 Å². The fourth-order valence-corrected chi connectivity index (χ4v) is 1.51. The van der Waals surface area contributed by atoms with Crippen LogP contribution in [-0.2, 0) is 6.42 Å². The van der Waals surface area contributed by atoms with E-state index in [0.717, 1.165) is 24.6 Å². The molecule has 4 nitrogen and oxygen atoms in total. The zero-order valence-electron chi connectivity index (χ0n) is 10.1. The maximum absolute atomic E-state index is 12.6. The molecule has 0 aliphatic carbocycles. The van der Waals surface area contributed by atoms with Crippen LogP contribution < -0.4 is 10.1 Å². The van der Waals surface area contributed by atoms with E-state index in [2.05, 4.69) is 15.3 Å². The van der Waals surface area contributed by atoms with Gasteiger partial charge < -0.3 is 10.1 Å². The molecule has 0 aliphatic heterocycles. The molecular weight excluding hydrogens is 233 g/mol. The van der Waals surface area contributed by atoms with Gasteiger partial charge in [0.2, 0.25) is 5.95 Å². The molecule has 18 heavy (non-hydrogen) atoms. The molecule has 2 aromatic rings. The number of hydrogen-bond donors (Lipinski definition) is 1. The van der Waals surface area contributed by atoms with Gasteiger partial charge in [0.15, 0.2) is 5.82 Å². The third-order valence-electron chi connectivity index (χ3n) is 2.48. The first-order valence-electron chi connectivity index (χ1n) is 5.62. The van der Waals surface area contributed by atoms with Gasteiger partial charge in [0, 0.05) is 6.54 Å². The molecule has 0 radical (unpaired) electrons. The highest BCUT2D eigenvalue weighted by molar-refractivity contribution is 5.28. The van der Waals surface area contributed by atoms with Gasteiger partial charge in [-0.1, -0.05) is 12.1 Å². The van der Waals surface area contributed by atoms with Crippen LogP contribution in [0.3, 0.4) is 0 Å². The van der Waals surface area contributed by atoms with Gasteiger partial charge in [-0.3, -0.25) is 0 Å². The largest absolute Gasteiger partial charge is 0.497 e. The molecule has 0 unspecified atom stereocenters. The number of methoxy groups -OCH3 is 1. The smallest absolute Gasteiger partial charge is 0.222 e. The molecule has 0 saturated heterocycles. The van der Waals surface area contributed by atoms with E-state index in [1.807, 2.05) is 24.3 Å². The van der Waals surface area contributed by atoms with Crippen molar-refractivity contribution < 1.29 is 9.13 Å². The van der Waals surface area contributed by atoms with Crippen molar-refractivity contribution >= 4 is 5.95 Å². The van der Waals surface area contributed by atoms with E-state index >= 15 is 0 Å². The first kappa shape index (κ1) is 12.3. The van der Waals surface area contributed by atoms with E-state index in [1.165, 1.54) is 5.56 Å². The summed E-state index contributed by atoms with van der Waals surface area (Å²) < 4.78 is 17.7. The summed E-state index contributed by atoms with van der Waals surface area (Å²) in [4.78, 5) is 7.64. The number of ether oxygens (including phenoxy) is 1. The van der Waals surface area contributed by atoms with Crippen molar-refractivity contribution in [1.82, 2.24) is 9.97 Å². The van der Waals surface area contributed by atoms with E-state index < -0.39 is 5.82 Å². The van der Waals surface area contributed by atoms with Gasteiger partial charge in [-0.25, -0.2) is 14.4 Å². The Morgan fingerprint density at radius 3 is 2.44 bits per heavy atom. The lowest BCUT2D eigenvalue weighted by molar-refractivity contribution is 0.414. The SMILES string of the molecule is COc1ccc(CCNc2ncc(F)cn2)cc1. The molecule has 0 aliphatic rings. The summed E-state index contributed by atoms with van der Waals surface area (Å²) in [6.45, 7) is 0.692. The van der Waals surface area contributed by atoms with Gasteiger partial charge in [-0.05, 0) is 24.1 Å². The van der Waals surface area contributed by atoms with E-state index in [9.17, 15) is 4.39 Å². The van der Waals surface area contributed by atoms with Crippen molar-refractivity contribution in [3.8, 4) is 5.75 Å². The van der Waals surface area contributed by atoms with Gasteiger partial charge in [0.05, 0.1) is 19.5 Å². The molecule has 0 saturated carbocycles. The summed E-state index contributed by atoms with van der Waals surface area (Å²) in [5.74, 6) is 0.842. The summed E-state index contributed by atoms with van der Waals surface area (Å²) in [5, 5.41) is 3.03. The third kappa shape index (κ3) is 3.41. The second-order valence-electron chi connectivity index (χ2n) is 3.75. The third-order valence-corrected chi connectivity index (χ3v) is 2.48. The molecule has 1 N–H and O–H groups in total. The van der Waals surface area contributed by atoms with Gasteiger partial charge in [-0.2, -0.15) is 0 Å². The zero-order valence-corrected chi connectivity index (χ0v) is 10.1. The number of aromatic nitrogens is 2. The van der Waals surface area contributed by atoms with Crippen molar-refractivity contribution in [2.45, 2.75) is 6.42 Å². The van der Waals surface area contributed by atoms with Crippen LogP contribution in [0.1, 0.15) is 5.56 Å². The molecular formula is C13H14FN3O. The lowest BCUT2D eigenvalue weighted by Crippen LogP contribution is -2.07. The van der Waals surface area contributed by atoms with Crippen LogP contribution >= 0.6 is 0 Å². The minimum absolute atomic E-state index is 0.435. The molecule has 5 heteroatoms. The van der Waals surface area contributed by atoms with E-state index in [4.69, 9.17) is 4.74 Å². The lowest BCUT2D eigenvalue weighted by Gasteiger charge is -2.05. The first-order chi connectivity index (χ1) is 8.78. The summed E-state index contributed by atoms with van der Waals surface area (Å²) in [6, 6.07) is 7.85. The molecule has 0 spiro atoms. The number of rotatable bonds is 5. The molecule has 0 bridgehead atoms. The van der Waals surface area contributed by atoms with Crippen LogP contribution in [0.2, 0.25) is 0 Å². The van der Waals surface area contributed by atoms with Gasteiger partial charge in [0.25, 0.3) is 0 Å². The molecule has 2 rings (SSSR count). The fourth-order valence-electron chi connectivity index (χ4n) is 1.51. The summed E-state index contributed by atoms with van der Waals surface area (Å²) >= 11 is 0. The van der Waals surface area contributed by atoms with Gasteiger partial charge in [0.1, 0.15) is 5.75 Å². The minimum atomic E-state index is -0.435. The van der Waals surface area contributed by atoms with Crippen molar-refractivity contribution in [3.05, 3.63) is 48.0 Å². The van der Waals surface area contributed by atoms with Crippen molar-refractivity contribution in [3.63, 3.8) is 0 Å². The highest BCUT2D eigenvalue weighted by Gasteiger charge is 1.97. The molecule has 1 aromatic heterocycles. The monoisotopic (exact) mass is 247 g/mol. The predicted octanol–water partition coefficient (Wildman–Crippen LogP) is 2.28. The minimum Gasteiger partial charge on any atom is -0.497 e. The van der Waals surface area contributed by atoms with Crippen LogP contribution in [0.15, 0.2) is 36.7 Å². The Hall–Kier alpha value is -2.17. The summed E-state index contributed by atoms with van der Waals surface area (Å²) in [6.07, 6.45) is 3.12. The Kier molecular flexibility index (Phi) is 4.06. The normalized spacial score (nSPS) is 10.1. The average molecular weight is 247 g/mol. The summed E-state index contributed by atoms with van der Waals surface area (Å²) in [7, 11) is 1.64. The number of nitrogens with one attached hydrogen (secondary N) is 1. The van der Waals surface area contributed by atoms with E-state index in [1.54, 1.807) is 7.11 Å². The standard InChI is InChI=1S/C13H14FN3O/c1-18-12-4-2-10(3-5-12)6-7-15-13-16-8-11(14)9-17-13/h2-5,8-9H,6-7H2,1H3,(H,15,16,17). The average Bonchev–Trinajstić information content (AvgIpc) is 2.42. The quantitative estimate of drug-likeness (QED) is 0.880. The first-order valence-corrected chi connectivity index (χ1v) is 5.62. The second kappa shape index (κ2) is 5.95. The Morgan fingerprint density at radius 2 is 1.83 bits per heavy atom. The summed E-state index contributed by atoms with van der Waals surface area (Å²) in [5.41, 5.74) is 1.19. The van der Waals surface area contributed by atoms with Crippen LogP contribution in [0.5, 0.6) is 5.75 Å². The van der Waals surface area contributed by atoms with Gasteiger partial charge in [-0.15, -0.1) is 0 Å². The van der Waals surface area contributed by atoms with Crippen molar-refractivity contribution in [2.24, 2.45) is 0 Å². The van der Waals surface area contributed by atoms with Crippen LogP contribution in [0, 0.1) is 5.82 Å². The van der Waals surface area contributed by atoms with Crippen molar-refractivity contribution in [1.29, 1.82) is 0 Å². The van der Waals surface area contributed by atoms with E-state index in [0.29, 0.717) is 12.5 Å². The number of nitrogens with zero attached hydrogens (tertiary/aromatic N) is 2. The maximum atomic E-state index is 12.6. The highest BCUT2D eigenvalue weighted by atomic mass is 19.1. The number of hydrogen-bond acceptors (Lipinski definition) is 4. The topological polar surface area (TPSA) is 47.0 Å². The number of anilines is 1.